The van der Waals surface area contributed by atoms with Crippen LogP contribution in [0.3, 0.4) is 0 Å². The molecule has 1 aromatic heterocycles. The number of thiazole rings is 1. The lowest BCUT2D eigenvalue weighted by atomic mass is 10.1. The van der Waals surface area contributed by atoms with Crippen LogP contribution in [0.2, 0.25) is 0 Å². The Balaban J connectivity index is 2.13. The first kappa shape index (κ1) is 15.0. The zero-order chi connectivity index (χ0) is 14.7. The zero-order valence-corrected chi connectivity index (χ0v) is 13.4. The van der Waals surface area contributed by atoms with E-state index in [0.717, 1.165) is 28.4 Å². The molecular weight excluding hydrogens is 268 g/mol. The molecule has 2 aromatic rings. The van der Waals surface area contributed by atoms with Crippen molar-refractivity contribution in [1.82, 2.24) is 4.98 Å². The number of hydrogen-bond donors (Lipinski definition) is 1. The van der Waals surface area contributed by atoms with Gasteiger partial charge in [-0.05, 0) is 44.4 Å². The minimum Gasteiger partial charge on any atom is -0.486 e. The highest BCUT2D eigenvalue weighted by molar-refractivity contribution is 7.11. The van der Waals surface area contributed by atoms with Crippen LogP contribution >= 0.6 is 11.3 Å². The molecule has 1 atom stereocenters. The molecular formula is C16H22N2OS. The van der Waals surface area contributed by atoms with Crippen molar-refractivity contribution in [2.75, 3.05) is 0 Å². The molecule has 0 radical (unpaired) electrons. The predicted molar refractivity (Wildman–Crippen MR) is 84.3 cm³/mol. The summed E-state index contributed by atoms with van der Waals surface area (Å²) in [7, 11) is 0. The molecule has 0 fully saturated rings. The highest BCUT2D eigenvalue weighted by Crippen LogP contribution is 2.26. The van der Waals surface area contributed by atoms with Gasteiger partial charge in [-0.2, -0.15) is 0 Å². The van der Waals surface area contributed by atoms with Gasteiger partial charge < -0.3 is 10.5 Å². The van der Waals surface area contributed by atoms with E-state index in [0.29, 0.717) is 6.61 Å². The van der Waals surface area contributed by atoms with Crippen LogP contribution in [-0.2, 0) is 13.0 Å². The van der Waals surface area contributed by atoms with Gasteiger partial charge in [0.2, 0.25) is 0 Å². The summed E-state index contributed by atoms with van der Waals surface area (Å²) in [6, 6.07) is 6.28. The first-order valence-electron chi connectivity index (χ1n) is 6.95. The average Bonchev–Trinajstić information content (AvgIpc) is 2.83. The normalized spacial score (nSPS) is 12.4. The minimum atomic E-state index is 0.0388. The molecule has 0 aliphatic carbocycles. The van der Waals surface area contributed by atoms with Gasteiger partial charge in [0.05, 0.1) is 5.69 Å². The summed E-state index contributed by atoms with van der Waals surface area (Å²) in [6.07, 6.45) is 0.914. The van der Waals surface area contributed by atoms with E-state index >= 15 is 0 Å². The van der Waals surface area contributed by atoms with Gasteiger partial charge in [-0.1, -0.05) is 19.1 Å². The first-order chi connectivity index (χ1) is 9.51. The van der Waals surface area contributed by atoms with E-state index in [2.05, 4.69) is 44.0 Å². The molecule has 1 aromatic carbocycles. The zero-order valence-electron chi connectivity index (χ0n) is 12.6. The Labute approximate surface area is 124 Å². The third kappa shape index (κ3) is 3.38. The van der Waals surface area contributed by atoms with E-state index in [-0.39, 0.29) is 6.04 Å². The van der Waals surface area contributed by atoms with E-state index < -0.39 is 0 Å². The molecule has 0 saturated heterocycles. The Hall–Kier alpha value is -1.39. The van der Waals surface area contributed by atoms with Gasteiger partial charge in [0.15, 0.2) is 0 Å². The van der Waals surface area contributed by atoms with Crippen LogP contribution in [0.1, 0.15) is 46.6 Å². The molecule has 0 amide bonds. The summed E-state index contributed by atoms with van der Waals surface area (Å²) < 4.78 is 5.90. The Morgan fingerprint density at radius 1 is 1.35 bits per heavy atom. The molecule has 3 nitrogen and oxygen atoms in total. The van der Waals surface area contributed by atoms with Crippen molar-refractivity contribution in [2.45, 2.75) is 46.8 Å². The summed E-state index contributed by atoms with van der Waals surface area (Å²) >= 11 is 1.66. The second kappa shape index (κ2) is 6.37. The maximum Gasteiger partial charge on any atom is 0.140 e. The third-order valence-electron chi connectivity index (χ3n) is 3.22. The topological polar surface area (TPSA) is 48.1 Å². The Kier molecular flexibility index (Phi) is 4.78. The summed E-state index contributed by atoms with van der Waals surface area (Å²) in [4.78, 5) is 5.80. The van der Waals surface area contributed by atoms with Gasteiger partial charge in [-0.25, -0.2) is 4.98 Å². The second-order valence-electron chi connectivity index (χ2n) is 5.12. The smallest absolute Gasteiger partial charge is 0.140 e. The molecule has 2 N–H and O–H groups in total. The van der Waals surface area contributed by atoms with E-state index in [4.69, 9.17) is 10.5 Å². The largest absolute Gasteiger partial charge is 0.486 e. The van der Waals surface area contributed by atoms with Crippen LogP contribution in [0.25, 0.3) is 0 Å². The number of aromatic nitrogens is 1. The maximum absolute atomic E-state index is 5.98. The van der Waals surface area contributed by atoms with Crippen LogP contribution in [0.15, 0.2) is 18.2 Å². The summed E-state index contributed by atoms with van der Waals surface area (Å²) in [5, 5.41) is 0.995. The van der Waals surface area contributed by atoms with Crippen LogP contribution in [0.4, 0.5) is 0 Å². The lowest BCUT2D eigenvalue weighted by molar-refractivity contribution is 0.303. The molecule has 108 valence electrons. The molecule has 0 aliphatic heterocycles. The van der Waals surface area contributed by atoms with Crippen LogP contribution < -0.4 is 10.5 Å². The van der Waals surface area contributed by atoms with Gasteiger partial charge in [0.1, 0.15) is 17.4 Å². The molecule has 0 bridgehead atoms. The SMILES string of the molecule is CCc1nc(COc2cc(C)ccc2C)sc1C(C)N. The van der Waals surface area contributed by atoms with E-state index in [9.17, 15) is 0 Å². The fourth-order valence-corrected chi connectivity index (χ4v) is 3.11. The summed E-state index contributed by atoms with van der Waals surface area (Å²) in [6.45, 7) is 8.74. The number of hydrogen-bond acceptors (Lipinski definition) is 4. The van der Waals surface area contributed by atoms with Gasteiger partial charge in [-0.3, -0.25) is 0 Å². The van der Waals surface area contributed by atoms with Crippen molar-refractivity contribution in [3.05, 3.63) is 44.9 Å². The highest BCUT2D eigenvalue weighted by atomic mass is 32.1. The van der Waals surface area contributed by atoms with E-state index in [1.165, 1.54) is 10.4 Å². The Morgan fingerprint density at radius 2 is 2.10 bits per heavy atom. The molecule has 20 heavy (non-hydrogen) atoms. The van der Waals surface area contributed by atoms with Crippen molar-refractivity contribution in [3.8, 4) is 5.75 Å². The molecule has 0 spiro atoms. The van der Waals surface area contributed by atoms with Gasteiger partial charge >= 0.3 is 0 Å². The molecule has 2 rings (SSSR count). The van der Waals surface area contributed by atoms with Crippen molar-refractivity contribution >= 4 is 11.3 Å². The number of nitrogens with zero attached hydrogens (tertiary/aromatic N) is 1. The van der Waals surface area contributed by atoms with Crippen LogP contribution in [0, 0.1) is 13.8 Å². The number of benzene rings is 1. The molecule has 1 heterocycles. The van der Waals surface area contributed by atoms with E-state index in [1.807, 2.05) is 6.92 Å². The molecule has 0 aliphatic rings. The van der Waals surface area contributed by atoms with Gasteiger partial charge in [0.25, 0.3) is 0 Å². The van der Waals surface area contributed by atoms with Crippen molar-refractivity contribution in [2.24, 2.45) is 5.73 Å². The predicted octanol–water partition coefficient (Wildman–Crippen LogP) is 3.92. The maximum atomic E-state index is 5.98. The molecule has 4 heteroatoms. The molecule has 0 saturated carbocycles. The van der Waals surface area contributed by atoms with Crippen molar-refractivity contribution in [1.29, 1.82) is 0 Å². The monoisotopic (exact) mass is 290 g/mol. The average molecular weight is 290 g/mol. The lowest BCUT2D eigenvalue weighted by Crippen LogP contribution is -2.05. The second-order valence-corrected chi connectivity index (χ2v) is 6.23. The quantitative estimate of drug-likeness (QED) is 0.908. The number of rotatable bonds is 5. The molecule has 1 unspecified atom stereocenters. The highest BCUT2D eigenvalue weighted by Gasteiger charge is 2.13. The Bertz CT molecular complexity index is 590. The number of nitrogens with two attached hydrogens (primary N) is 1. The first-order valence-corrected chi connectivity index (χ1v) is 7.77. The van der Waals surface area contributed by atoms with Crippen LogP contribution in [0.5, 0.6) is 5.75 Å². The third-order valence-corrected chi connectivity index (χ3v) is 4.49. The van der Waals surface area contributed by atoms with Crippen LogP contribution in [-0.4, -0.2) is 4.98 Å². The number of ether oxygens (including phenoxy) is 1. The van der Waals surface area contributed by atoms with Gasteiger partial charge in [-0.15, -0.1) is 11.3 Å². The van der Waals surface area contributed by atoms with Crippen molar-refractivity contribution < 1.29 is 4.74 Å². The lowest BCUT2D eigenvalue weighted by Gasteiger charge is -2.08. The van der Waals surface area contributed by atoms with E-state index in [1.54, 1.807) is 11.3 Å². The fraction of sp³-hybridized carbons (Fsp3) is 0.438. The fourth-order valence-electron chi connectivity index (χ4n) is 2.09. The summed E-state index contributed by atoms with van der Waals surface area (Å²) in [5.41, 5.74) is 9.44. The number of aryl methyl sites for hydroxylation is 3. The minimum absolute atomic E-state index is 0.0388. The van der Waals surface area contributed by atoms with Crippen molar-refractivity contribution in [3.63, 3.8) is 0 Å². The van der Waals surface area contributed by atoms with Gasteiger partial charge in [0, 0.05) is 10.9 Å². The summed E-state index contributed by atoms with van der Waals surface area (Å²) in [5.74, 6) is 0.931. The Morgan fingerprint density at radius 3 is 2.70 bits per heavy atom. The standard InChI is InChI=1S/C16H22N2OS/c1-5-13-16(12(4)17)20-15(18-13)9-19-14-8-10(2)6-7-11(14)3/h6-8,12H,5,9,17H2,1-4H3.